The van der Waals surface area contributed by atoms with Gasteiger partial charge in [0.25, 0.3) is 0 Å². The first kappa shape index (κ1) is 15.6. The summed E-state index contributed by atoms with van der Waals surface area (Å²) in [5, 5.41) is 2.99. The molecule has 1 saturated carbocycles. The van der Waals surface area contributed by atoms with E-state index in [4.69, 9.17) is 14.9 Å². The van der Waals surface area contributed by atoms with E-state index in [1.165, 1.54) is 0 Å². The van der Waals surface area contributed by atoms with E-state index in [-0.39, 0.29) is 23.5 Å². The molecule has 1 amide bonds. The number of carbonyl (C=O) groups excluding carboxylic acids is 1. The highest BCUT2D eigenvalue weighted by Crippen LogP contribution is 2.46. The molecule has 6 nitrogen and oxygen atoms in total. The lowest BCUT2D eigenvalue weighted by molar-refractivity contribution is -0.166. The lowest BCUT2D eigenvalue weighted by Gasteiger charge is -2.50. The Balaban J connectivity index is 1.40. The normalized spacial score (nSPS) is 29.6. The zero-order valence-electron chi connectivity index (χ0n) is 13.9. The molecular weight excluding hydrogens is 306 g/mol. The molecule has 6 heteroatoms. The van der Waals surface area contributed by atoms with E-state index in [1.54, 1.807) is 0 Å². The quantitative estimate of drug-likeness (QED) is 0.903. The summed E-state index contributed by atoms with van der Waals surface area (Å²) >= 11 is 0. The van der Waals surface area contributed by atoms with Crippen LogP contribution in [0.2, 0.25) is 0 Å². The first-order valence-corrected chi connectivity index (χ1v) is 8.67. The maximum absolute atomic E-state index is 12.5. The third kappa shape index (κ3) is 2.80. The topological polar surface area (TPSA) is 90.4 Å². The predicted molar refractivity (Wildman–Crippen MR) is 90.6 cm³/mol. The summed E-state index contributed by atoms with van der Waals surface area (Å²) in [6.07, 6.45) is 4.05. The Morgan fingerprint density at radius 3 is 3.00 bits per heavy atom. The molecule has 1 unspecified atom stereocenters. The molecule has 4 rings (SSSR count). The van der Waals surface area contributed by atoms with Crippen molar-refractivity contribution < 1.29 is 13.9 Å². The standard InChI is InChI=1S/C18H23N3O3/c1-2-16-21-14-7-13(3-4-15(14)24-16)20-17(22)11-8-18(9-11)10-12(19)5-6-23-18/h3-4,7,11-12H,2,5-6,8-10,19H2,1H3,(H,20,22). The van der Waals surface area contributed by atoms with E-state index in [9.17, 15) is 4.79 Å². The number of nitrogens with two attached hydrogens (primary N) is 1. The van der Waals surface area contributed by atoms with Crippen molar-refractivity contribution in [2.24, 2.45) is 11.7 Å². The smallest absolute Gasteiger partial charge is 0.227 e. The third-order valence-corrected chi connectivity index (χ3v) is 5.14. The van der Waals surface area contributed by atoms with Crippen LogP contribution in [-0.4, -0.2) is 29.1 Å². The minimum Gasteiger partial charge on any atom is -0.441 e. The number of hydrogen-bond donors (Lipinski definition) is 2. The van der Waals surface area contributed by atoms with Crippen LogP contribution in [0.15, 0.2) is 22.6 Å². The van der Waals surface area contributed by atoms with Crippen LogP contribution < -0.4 is 11.1 Å². The van der Waals surface area contributed by atoms with Crippen molar-refractivity contribution >= 4 is 22.7 Å². The highest BCUT2D eigenvalue weighted by Gasteiger charge is 2.50. The first-order valence-electron chi connectivity index (χ1n) is 8.67. The molecule has 24 heavy (non-hydrogen) atoms. The van der Waals surface area contributed by atoms with Gasteiger partial charge in [-0.05, 0) is 43.9 Å². The van der Waals surface area contributed by atoms with Crippen molar-refractivity contribution in [2.75, 3.05) is 11.9 Å². The Morgan fingerprint density at radius 1 is 1.42 bits per heavy atom. The fraction of sp³-hybridized carbons (Fsp3) is 0.556. The number of aromatic nitrogens is 1. The van der Waals surface area contributed by atoms with Crippen LogP contribution in [0.1, 0.15) is 38.5 Å². The fourth-order valence-corrected chi connectivity index (χ4v) is 3.82. The molecule has 2 aliphatic rings. The van der Waals surface area contributed by atoms with Gasteiger partial charge in [0.15, 0.2) is 11.5 Å². The van der Waals surface area contributed by atoms with Crippen LogP contribution in [0.25, 0.3) is 11.1 Å². The number of benzene rings is 1. The number of ether oxygens (including phenoxy) is 1. The lowest BCUT2D eigenvalue weighted by atomic mass is 9.66. The summed E-state index contributed by atoms with van der Waals surface area (Å²) in [5.74, 6) is 0.747. The Morgan fingerprint density at radius 2 is 2.25 bits per heavy atom. The van der Waals surface area contributed by atoms with Gasteiger partial charge in [0.05, 0.1) is 5.60 Å². The predicted octanol–water partition coefficient (Wildman–Crippen LogP) is 2.62. The van der Waals surface area contributed by atoms with Crippen LogP contribution in [0.3, 0.4) is 0 Å². The van der Waals surface area contributed by atoms with Gasteiger partial charge in [-0.1, -0.05) is 6.92 Å². The van der Waals surface area contributed by atoms with E-state index >= 15 is 0 Å². The van der Waals surface area contributed by atoms with Gasteiger partial charge in [-0.25, -0.2) is 4.98 Å². The van der Waals surface area contributed by atoms with E-state index in [1.807, 2.05) is 25.1 Å². The molecule has 2 heterocycles. The van der Waals surface area contributed by atoms with Crippen molar-refractivity contribution in [1.82, 2.24) is 4.98 Å². The molecule has 3 N–H and O–H groups in total. The molecule has 1 aromatic heterocycles. The molecular formula is C18H23N3O3. The summed E-state index contributed by atoms with van der Waals surface area (Å²) in [4.78, 5) is 16.9. The van der Waals surface area contributed by atoms with Crippen LogP contribution in [-0.2, 0) is 16.0 Å². The number of anilines is 1. The number of hydrogen-bond acceptors (Lipinski definition) is 5. The third-order valence-electron chi connectivity index (χ3n) is 5.14. The SMILES string of the molecule is CCc1nc2cc(NC(=O)C3CC4(CC(N)CCO4)C3)ccc2o1. The molecule has 1 atom stereocenters. The molecule has 2 fully saturated rings. The molecule has 2 aromatic rings. The maximum Gasteiger partial charge on any atom is 0.227 e. The molecule has 128 valence electrons. The zero-order chi connectivity index (χ0) is 16.7. The van der Waals surface area contributed by atoms with Crippen molar-refractivity contribution in [3.8, 4) is 0 Å². The van der Waals surface area contributed by atoms with Gasteiger partial charge in [-0.2, -0.15) is 0 Å². The van der Waals surface area contributed by atoms with Crippen molar-refractivity contribution in [1.29, 1.82) is 0 Å². The number of rotatable bonds is 3. The van der Waals surface area contributed by atoms with Crippen LogP contribution in [0.5, 0.6) is 0 Å². The zero-order valence-corrected chi connectivity index (χ0v) is 13.9. The molecule has 0 bridgehead atoms. The van der Waals surface area contributed by atoms with Crippen LogP contribution in [0.4, 0.5) is 5.69 Å². The summed E-state index contributed by atoms with van der Waals surface area (Å²) in [5.41, 5.74) is 8.15. The molecule has 1 spiro atoms. The number of aryl methyl sites for hydroxylation is 1. The Labute approximate surface area is 140 Å². The Kier molecular flexibility index (Phi) is 3.81. The second kappa shape index (κ2) is 5.86. The second-order valence-corrected chi connectivity index (χ2v) is 7.02. The molecule has 1 aromatic carbocycles. The number of nitrogens with one attached hydrogen (secondary N) is 1. The molecule has 1 aliphatic carbocycles. The summed E-state index contributed by atoms with van der Waals surface area (Å²) in [6, 6.07) is 5.76. The summed E-state index contributed by atoms with van der Waals surface area (Å²) in [6.45, 7) is 2.71. The average Bonchev–Trinajstić information content (AvgIpc) is 2.94. The van der Waals surface area contributed by atoms with Crippen molar-refractivity contribution in [3.63, 3.8) is 0 Å². The van der Waals surface area contributed by atoms with E-state index in [0.29, 0.717) is 12.5 Å². The number of amides is 1. The summed E-state index contributed by atoms with van der Waals surface area (Å²) < 4.78 is 11.5. The molecule has 0 radical (unpaired) electrons. The van der Waals surface area contributed by atoms with E-state index < -0.39 is 0 Å². The van der Waals surface area contributed by atoms with Gasteiger partial charge >= 0.3 is 0 Å². The molecule has 1 saturated heterocycles. The van der Waals surface area contributed by atoms with Crippen molar-refractivity contribution in [3.05, 3.63) is 24.1 Å². The lowest BCUT2D eigenvalue weighted by Crippen LogP contribution is -2.55. The minimum absolute atomic E-state index is 0.00508. The van der Waals surface area contributed by atoms with Gasteiger partial charge in [0, 0.05) is 30.7 Å². The van der Waals surface area contributed by atoms with Gasteiger partial charge in [0.2, 0.25) is 5.91 Å². The Bertz CT molecular complexity index is 764. The van der Waals surface area contributed by atoms with Gasteiger partial charge in [0.1, 0.15) is 5.52 Å². The van der Waals surface area contributed by atoms with E-state index in [2.05, 4.69) is 10.3 Å². The van der Waals surface area contributed by atoms with Gasteiger partial charge < -0.3 is 20.2 Å². The van der Waals surface area contributed by atoms with Crippen LogP contribution in [0, 0.1) is 5.92 Å². The number of oxazole rings is 1. The van der Waals surface area contributed by atoms with E-state index in [0.717, 1.165) is 48.9 Å². The second-order valence-electron chi connectivity index (χ2n) is 7.02. The highest BCUT2D eigenvalue weighted by atomic mass is 16.5. The average molecular weight is 329 g/mol. The summed E-state index contributed by atoms with van der Waals surface area (Å²) in [7, 11) is 0. The maximum atomic E-state index is 12.5. The fourth-order valence-electron chi connectivity index (χ4n) is 3.82. The van der Waals surface area contributed by atoms with Crippen molar-refractivity contribution in [2.45, 2.75) is 50.7 Å². The highest BCUT2D eigenvalue weighted by molar-refractivity contribution is 5.95. The monoisotopic (exact) mass is 329 g/mol. The number of nitrogens with zero attached hydrogens (tertiary/aromatic N) is 1. The van der Waals surface area contributed by atoms with Gasteiger partial charge in [-0.3, -0.25) is 4.79 Å². The first-order chi connectivity index (χ1) is 11.6. The van der Waals surface area contributed by atoms with Gasteiger partial charge in [-0.15, -0.1) is 0 Å². The number of carbonyl (C=O) groups is 1. The van der Waals surface area contributed by atoms with Crippen LogP contribution >= 0.6 is 0 Å². The Hall–Kier alpha value is -1.92. The molecule has 1 aliphatic heterocycles. The minimum atomic E-state index is -0.161. The number of fused-ring (bicyclic) bond motifs is 1. The largest absolute Gasteiger partial charge is 0.441 e.